The minimum atomic E-state index is -4.38. The fourth-order valence-electron chi connectivity index (χ4n) is 3.64. The van der Waals surface area contributed by atoms with E-state index in [9.17, 15) is 22.4 Å². The number of benzene rings is 2. The Hall–Kier alpha value is -3.36. The normalized spacial score (nSPS) is 14.6. The molecule has 5 nitrogen and oxygen atoms in total. The van der Waals surface area contributed by atoms with Gasteiger partial charge in [0.25, 0.3) is 0 Å². The molecule has 9 heteroatoms. The number of hydrogen-bond acceptors (Lipinski definition) is 4. The van der Waals surface area contributed by atoms with Crippen molar-refractivity contribution in [3.63, 3.8) is 0 Å². The fourth-order valence-corrected chi connectivity index (χ4v) is 3.64. The van der Waals surface area contributed by atoms with E-state index >= 15 is 0 Å². The summed E-state index contributed by atoms with van der Waals surface area (Å²) >= 11 is 0. The van der Waals surface area contributed by atoms with E-state index in [2.05, 4.69) is 4.98 Å². The highest BCUT2D eigenvalue weighted by Gasteiger charge is 2.31. The van der Waals surface area contributed by atoms with Gasteiger partial charge in [0.05, 0.1) is 11.8 Å². The highest BCUT2D eigenvalue weighted by atomic mass is 19.4. The van der Waals surface area contributed by atoms with Crippen LogP contribution in [0.2, 0.25) is 0 Å². The third-order valence-corrected chi connectivity index (χ3v) is 5.41. The zero-order valence-electron chi connectivity index (χ0n) is 17.1. The first kappa shape index (κ1) is 21.9. The van der Waals surface area contributed by atoms with Gasteiger partial charge in [-0.05, 0) is 42.5 Å². The van der Waals surface area contributed by atoms with Crippen molar-refractivity contribution in [1.82, 2.24) is 9.88 Å². The van der Waals surface area contributed by atoms with Crippen LogP contribution >= 0.6 is 0 Å². The van der Waals surface area contributed by atoms with E-state index < -0.39 is 11.7 Å². The molecule has 1 aliphatic rings. The molecule has 1 saturated heterocycles. The molecule has 1 amide bonds. The number of anilines is 1. The number of aromatic nitrogens is 1. The molecule has 0 unspecified atom stereocenters. The van der Waals surface area contributed by atoms with Crippen molar-refractivity contribution in [1.29, 1.82) is 0 Å². The molecule has 1 fully saturated rings. The van der Waals surface area contributed by atoms with Crippen molar-refractivity contribution < 1.29 is 26.8 Å². The molecule has 0 N–H and O–H groups in total. The van der Waals surface area contributed by atoms with Crippen molar-refractivity contribution in [2.45, 2.75) is 19.0 Å². The molecular weight excluding hydrogens is 426 g/mol. The first-order chi connectivity index (χ1) is 15.3. The van der Waals surface area contributed by atoms with Crippen molar-refractivity contribution in [2.75, 3.05) is 31.1 Å². The summed E-state index contributed by atoms with van der Waals surface area (Å²) in [5.41, 5.74) is 0.515. The molecule has 1 aromatic heterocycles. The van der Waals surface area contributed by atoms with E-state index in [0.29, 0.717) is 55.5 Å². The Morgan fingerprint density at radius 2 is 1.75 bits per heavy atom. The average molecular weight is 447 g/mol. The van der Waals surface area contributed by atoms with Gasteiger partial charge < -0.3 is 14.2 Å². The highest BCUT2D eigenvalue weighted by molar-refractivity contribution is 5.76. The number of hydrogen-bond donors (Lipinski definition) is 0. The first-order valence-electron chi connectivity index (χ1n) is 10.2. The summed E-state index contributed by atoms with van der Waals surface area (Å²) in [5, 5.41) is 0. The van der Waals surface area contributed by atoms with Gasteiger partial charge in [0, 0.05) is 50.3 Å². The maximum atomic E-state index is 13.0. The standard InChI is InChI=1S/C23H21F4N3O2/c24-18-6-4-16(5-7-18)20-15-28-21(32-20)8-9-22(31)30-12-10-29(11-13-30)19-3-1-2-17(14-19)23(25,26)27/h1-7,14-15H,8-13H2. The maximum absolute atomic E-state index is 13.0. The van der Waals surface area contributed by atoms with E-state index in [0.717, 1.165) is 12.1 Å². The topological polar surface area (TPSA) is 49.6 Å². The largest absolute Gasteiger partial charge is 0.441 e. The van der Waals surface area contributed by atoms with E-state index in [1.807, 2.05) is 4.90 Å². The van der Waals surface area contributed by atoms with Gasteiger partial charge in [-0.15, -0.1) is 0 Å². The monoisotopic (exact) mass is 447 g/mol. The van der Waals surface area contributed by atoms with E-state index in [-0.39, 0.29) is 18.1 Å². The van der Waals surface area contributed by atoms with Crippen molar-refractivity contribution in [3.8, 4) is 11.3 Å². The Balaban J connectivity index is 1.29. The third kappa shape index (κ3) is 5.09. The van der Waals surface area contributed by atoms with E-state index in [4.69, 9.17) is 4.42 Å². The number of alkyl halides is 3. The molecular formula is C23H21F4N3O2. The minimum absolute atomic E-state index is 0.0600. The molecule has 3 aromatic rings. The molecule has 0 bridgehead atoms. The lowest BCUT2D eigenvalue weighted by molar-refractivity contribution is -0.137. The summed E-state index contributed by atoms with van der Waals surface area (Å²) in [6, 6.07) is 11.1. The molecule has 168 valence electrons. The Labute approximate surface area is 182 Å². The number of aryl methyl sites for hydroxylation is 1. The lowest BCUT2D eigenvalue weighted by Gasteiger charge is -2.36. The zero-order chi connectivity index (χ0) is 22.7. The van der Waals surface area contributed by atoms with Gasteiger partial charge in [-0.3, -0.25) is 4.79 Å². The number of rotatable bonds is 5. The van der Waals surface area contributed by atoms with Gasteiger partial charge in [0.1, 0.15) is 5.82 Å². The first-order valence-corrected chi connectivity index (χ1v) is 10.2. The van der Waals surface area contributed by atoms with Crippen LogP contribution in [0.5, 0.6) is 0 Å². The summed E-state index contributed by atoms with van der Waals surface area (Å²) in [6.07, 6.45) is -2.30. The zero-order valence-corrected chi connectivity index (χ0v) is 17.1. The van der Waals surface area contributed by atoms with E-state index in [1.54, 1.807) is 29.3 Å². The fraction of sp³-hybridized carbons (Fsp3) is 0.304. The maximum Gasteiger partial charge on any atom is 0.416 e. The molecule has 0 saturated carbocycles. The smallest absolute Gasteiger partial charge is 0.416 e. The third-order valence-electron chi connectivity index (χ3n) is 5.41. The molecule has 0 aliphatic carbocycles. The second-order valence-electron chi connectivity index (χ2n) is 7.54. The van der Waals surface area contributed by atoms with Crippen LogP contribution in [0.15, 0.2) is 59.1 Å². The second-order valence-corrected chi connectivity index (χ2v) is 7.54. The predicted octanol–water partition coefficient (Wildman–Crippen LogP) is 4.78. The van der Waals surface area contributed by atoms with Crippen molar-refractivity contribution in [2.24, 2.45) is 0 Å². The van der Waals surface area contributed by atoms with Crippen molar-refractivity contribution >= 4 is 11.6 Å². The number of amides is 1. The minimum Gasteiger partial charge on any atom is -0.441 e. The molecule has 0 spiro atoms. The number of carbonyl (C=O) groups excluding carboxylic acids is 1. The van der Waals surface area contributed by atoms with Crippen LogP contribution in [0.3, 0.4) is 0 Å². The predicted molar refractivity (Wildman–Crippen MR) is 110 cm³/mol. The van der Waals surface area contributed by atoms with Crippen LogP contribution in [0.25, 0.3) is 11.3 Å². The van der Waals surface area contributed by atoms with Gasteiger partial charge in [-0.2, -0.15) is 13.2 Å². The Bertz CT molecular complexity index is 1070. The molecule has 2 aromatic carbocycles. The van der Waals surface area contributed by atoms with Gasteiger partial charge in [-0.25, -0.2) is 9.37 Å². The summed E-state index contributed by atoms with van der Waals surface area (Å²) < 4.78 is 57.5. The lowest BCUT2D eigenvalue weighted by Crippen LogP contribution is -2.48. The highest BCUT2D eigenvalue weighted by Crippen LogP contribution is 2.32. The number of halogens is 4. The molecule has 1 aliphatic heterocycles. The summed E-state index contributed by atoms with van der Waals surface area (Å²) in [5.74, 6) is 0.518. The van der Waals surface area contributed by atoms with Crippen LogP contribution in [-0.4, -0.2) is 42.0 Å². The summed E-state index contributed by atoms with van der Waals surface area (Å²) in [4.78, 5) is 20.3. The van der Waals surface area contributed by atoms with Gasteiger partial charge in [0.15, 0.2) is 11.7 Å². The van der Waals surface area contributed by atoms with Gasteiger partial charge >= 0.3 is 6.18 Å². The SMILES string of the molecule is O=C(CCc1ncc(-c2ccc(F)cc2)o1)N1CCN(c2cccc(C(F)(F)F)c2)CC1. The number of oxazole rings is 1. The number of piperazine rings is 1. The van der Waals surface area contributed by atoms with Crippen LogP contribution < -0.4 is 4.90 Å². The Kier molecular flexibility index (Phi) is 6.16. The van der Waals surface area contributed by atoms with Crippen molar-refractivity contribution in [3.05, 3.63) is 72.0 Å². The van der Waals surface area contributed by atoms with Gasteiger partial charge in [-0.1, -0.05) is 6.07 Å². The average Bonchev–Trinajstić information content (AvgIpc) is 3.27. The Morgan fingerprint density at radius 3 is 2.44 bits per heavy atom. The molecule has 4 rings (SSSR count). The number of nitrogens with zero attached hydrogens (tertiary/aromatic N) is 3. The van der Waals surface area contributed by atoms with E-state index in [1.165, 1.54) is 18.2 Å². The lowest BCUT2D eigenvalue weighted by atomic mass is 10.1. The number of carbonyl (C=O) groups is 1. The van der Waals surface area contributed by atoms with Crippen LogP contribution in [0.1, 0.15) is 17.9 Å². The molecule has 0 radical (unpaired) electrons. The van der Waals surface area contributed by atoms with Crippen LogP contribution in [0.4, 0.5) is 23.2 Å². The molecule has 2 heterocycles. The Morgan fingerprint density at radius 1 is 1.03 bits per heavy atom. The van der Waals surface area contributed by atoms with Crippen LogP contribution in [0, 0.1) is 5.82 Å². The molecule has 32 heavy (non-hydrogen) atoms. The van der Waals surface area contributed by atoms with Crippen LogP contribution in [-0.2, 0) is 17.4 Å². The summed E-state index contributed by atoms with van der Waals surface area (Å²) in [7, 11) is 0. The quantitative estimate of drug-likeness (QED) is 0.529. The molecule has 0 atom stereocenters. The van der Waals surface area contributed by atoms with Gasteiger partial charge in [0.2, 0.25) is 5.91 Å². The summed E-state index contributed by atoms with van der Waals surface area (Å²) in [6.45, 7) is 1.78. The second kappa shape index (κ2) is 9.02.